The molecule has 0 aliphatic heterocycles. The summed E-state index contributed by atoms with van der Waals surface area (Å²) >= 11 is 1.21. The van der Waals surface area contributed by atoms with Gasteiger partial charge < -0.3 is 15.8 Å². The minimum atomic E-state index is -0.184. The second-order valence-corrected chi connectivity index (χ2v) is 5.66. The summed E-state index contributed by atoms with van der Waals surface area (Å²) in [7, 11) is 1.61. The number of hydrogen-bond donors (Lipinski definition) is 2. The largest absolute Gasteiger partial charge is 0.497 e. The molecule has 0 spiro atoms. The Bertz CT molecular complexity index is 816. The number of methoxy groups -OCH3 is 1. The van der Waals surface area contributed by atoms with Gasteiger partial charge in [-0.05, 0) is 36.4 Å². The highest BCUT2D eigenvalue weighted by Crippen LogP contribution is 2.30. The van der Waals surface area contributed by atoms with Gasteiger partial charge in [-0.3, -0.25) is 9.78 Å². The van der Waals surface area contributed by atoms with E-state index in [4.69, 9.17) is 10.5 Å². The minimum Gasteiger partial charge on any atom is -0.497 e. The van der Waals surface area contributed by atoms with Crippen LogP contribution in [0.2, 0.25) is 0 Å². The van der Waals surface area contributed by atoms with Gasteiger partial charge in [-0.1, -0.05) is 11.3 Å². The number of pyridine rings is 1. The average Bonchev–Trinajstić information content (AvgIpc) is 2.96. The molecule has 0 amide bonds. The highest BCUT2D eigenvalue weighted by molar-refractivity contribution is 7.18. The SMILES string of the molecule is COc1ccc(Nc2nc(N)c(C(=O)c3cccnc3)s2)cc1. The number of thiazole rings is 1. The topological polar surface area (TPSA) is 90.1 Å². The summed E-state index contributed by atoms with van der Waals surface area (Å²) < 4.78 is 5.11. The summed E-state index contributed by atoms with van der Waals surface area (Å²) in [6.07, 6.45) is 3.13. The lowest BCUT2D eigenvalue weighted by Crippen LogP contribution is -2.02. The number of hydrogen-bond acceptors (Lipinski definition) is 7. The zero-order valence-corrected chi connectivity index (χ0v) is 13.1. The van der Waals surface area contributed by atoms with Crippen LogP contribution >= 0.6 is 11.3 Å². The Morgan fingerprint density at radius 1 is 1.26 bits per heavy atom. The van der Waals surface area contributed by atoms with Crippen molar-refractivity contribution in [1.29, 1.82) is 0 Å². The summed E-state index contributed by atoms with van der Waals surface area (Å²) in [6, 6.07) is 10.8. The van der Waals surface area contributed by atoms with Crippen molar-refractivity contribution < 1.29 is 9.53 Å². The number of aromatic nitrogens is 2. The van der Waals surface area contributed by atoms with E-state index in [1.807, 2.05) is 24.3 Å². The molecule has 0 saturated heterocycles. The summed E-state index contributed by atoms with van der Waals surface area (Å²) in [5.41, 5.74) is 7.20. The van der Waals surface area contributed by atoms with Crippen LogP contribution in [0.1, 0.15) is 15.2 Å². The molecule has 7 heteroatoms. The molecule has 23 heavy (non-hydrogen) atoms. The molecule has 1 aromatic carbocycles. The van der Waals surface area contributed by atoms with Gasteiger partial charge in [0.2, 0.25) is 5.78 Å². The van der Waals surface area contributed by atoms with E-state index in [2.05, 4.69) is 15.3 Å². The Kier molecular flexibility index (Phi) is 4.20. The third kappa shape index (κ3) is 3.29. The number of carbonyl (C=O) groups is 1. The maximum Gasteiger partial charge on any atom is 0.208 e. The fourth-order valence-corrected chi connectivity index (χ4v) is 2.84. The Labute approximate surface area is 137 Å². The van der Waals surface area contributed by atoms with E-state index in [0.717, 1.165) is 11.4 Å². The number of ketones is 1. The lowest BCUT2D eigenvalue weighted by molar-refractivity contribution is 0.104. The van der Waals surface area contributed by atoms with E-state index < -0.39 is 0 Å². The Hall–Kier alpha value is -2.93. The molecule has 2 heterocycles. The number of nitrogens with two attached hydrogens (primary N) is 1. The van der Waals surface area contributed by atoms with Gasteiger partial charge in [0, 0.05) is 23.6 Å². The van der Waals surface area contributed by atoms with Crippen molar-refractivity contribution in [3.63, 3.8) is 0 Å². The fraction of sp³-hybridized carbons (Fsp3) is 0.0625. The van der Waals surface area contributed by atoms with Gasteiger partial charge in [0.05, 0.1) is 7.11 Å². The molecule has 0 fully saturated rings. The van der Waals surface area contributed by atoms with Crippen LogP contribution in [0, 0.1) is 0 Å². The first-order valence-corrected chi connectivity index (χ1v) is 7.61. The molecule has 0 saturated carbocycles. The van der Waals surface area contributed by atoms with E-state index in [-0.39, 0.29) is 11.6 Å². The van der Waals surface area contributed by atoms with Crippen LogP contribution in [-0.2, 0) is 0 Å². The number of nitrogen functional groups attached to an aromatic ring is 1. The average molecular weight is 326 g/mol. The van der Waals surface area contributed by atoms with Crippen molar-refractivity contribution >= 4 is 33.8 Å². The summed E-state index contributed by atoms with van der Waals surface area (Å²) in [6.45, 7) is 0. The molecule has 116 valence electrons. The van der Waals surface area contributed by atoms with Crippen molar-refractivity contribution in [2.75, 3.05) is 18.2 Å². The molecule has 6 nitrogen and oxygen atoms in total. The third-order valence-corrected chi connectivity index (χ3v) is 4.11. The molecule has 0 bridgehead atoms. The monoisotopic (exact) mass is 326 g/mol. The second-order valence-electron chi connectivity index (χ2n) is 4.66. The van der Waals surface area contributed by atoms with E-state index in [1.165, 1.54) is 17.5 Å². The molecule has 0 atom stereocenters. The maximum absolute atomic E-state index is 12.4. The maximum atomic E-state index is 12.4. The molecule has 0 aliphatic rings. The first-order valence-electron chi connectivity index (χ1n) is 6.79. The van der Waals surface area contributed by atoms with Crippen LogP contribution in [0.25, 0.3) is 0 Å². The Morgan fingerprint density at radius 2 is 2.04 bits per heavy atom. The number of rotatable bonds is 5. The molecule has 0 unspecified atom stereocenters. The van der Waals surface area contributed by atoms with E-state index in [0.29, 0.717) is 15.6 Å². The highest BCUT2D eigenvalue weighted by atomic mass is 32.1. The van der Waals surface area contributed by atoms with Crippen molar-refractivity contribution in [3.8, 4) is 5.75 Å². The normalized spacial score (nSPS) is 10.3. The van der Waals surface area contributed by atoms with Gasteiger partial charge in [-0.25, -0.2) is 4.98 Å². The van der Waals surface area contributed by atoms with Crippen LogP contribution in [0.15, 0.2) is 48.8 Å². The summed E-state index contributed by atoms with van der Waals surface area (Å²) in [4.78, 5) is 21.0. The van der Waals surface area contributed by atoms with Crippen LogP contribution in [-0.4, -0.2) is 22.9 Å². The fourth-order valence-electron chi connectivity index (χ4n) is 1.97. The first kappa shape index (κ1) is 15.0. The zero-order chi connectivity index (χ0) is 16.2. The van der Waals surface area contributed by atoms with Gasteiger partial charge in [0.1, 0.15) is 16.4 Å². The minimum absolute atomic E-state index is 0.184. The lowest BCUT2D eigenvalue weighted by atomic mass is 10.2. The van der Waals surface area contributed by atoms with Crippen molar-refractivity contribution in [3.05, 3.63) is 59.2 Å². The Morgan fingerprint density at radius 3 is 2.70 bits per heavy atom. The number of nitrogens with one attached hydrogen (secondary N) is 1. The smallest absolute Gasteiger partial charge is 0.208 e. The molecule has 0 radical (unpaired) electrons. The molecular weight excluding hydrogens is 312 g/mol. The first-order chi connectivity index (χ1) is 11.2. The van der Waals surface area contributed by atoms with Crippen LogP contribution in [0.5, 0.6) is 5.75 Å². The van der Waals surface area contributed by atoms with Crippen LogP contribution < -0.4 is 15.8 Å². The predicted molar refractivity (Wildman–Crippen MR) is 90.5 cm³/mol. The van der Waals surface area contributed by atoms with Gasteiger partial charge >= 0.3 is 0 Å². The van der Waals surface area contributed by atoms with Gasteiger partial charge in [-0.2, -0.15) is 0 Å². The second kappa shape index (κ2) is 6.45. The van der Waals surface area contributed by atoms with Gasteiger partial charge in [0.25, 0.3) is 0 Å². The molecule has 0 aliphatic carbocycles. The standard InChI is InChI=1S/C16H14N4O2S/c1-22-12-6-4-11(5-7-12)19-16-20-15(17)14(23-16)13(21)10-3-2-8-18-9-10/h2-9H,17H2,1H3,(H,19,20). The van der Waals surface area contributed by atoms with Crippen LogP contribution in [0.3, 0.4) is 0 Å². The molecular formula is C16H14N4O2S. The predicted octanol–water partition coefficient (Wildman–Crippen LogP) is 3.10. The van der Waals surface area contributed by atoms with Crippen LogP contribution in [0.4, 0.5) is 16.6 Å². The molecule has 3 rings (SSSR count). The number of nitrogens with zero attached hydrogens (tertiary/aromatic N) is 2. The summed E-state index contributed by atoms with van der Waals surface area (Å²) in [5, 5.41) is 3.68. The van der Waals surface area contributed by atoms with Crippen molar-refractivity contribution in [2.45, 2.75) is 0 Å². The van der Waals surface area contributed by atoms with Crippen molar-refractivity contribution in [2.24, 2.45) is 0 Å². The molecule has 3 N–H and O–H groups in total. The molecule has 3 aromatic rings. The lowest BCUT2D eigenvalue weighted by Gasteiger charge is -2.03. The zero-order valence-electron chi connectivity index (χ0n) is 12.3. The van der Waals surface area contributed by atoms with Gasteiger partial charge in [0.15, 0.2) is 5.13 Å². The van der Waals surface area contributed by atoms with Crippen molar-refractivity contribution in [1.82, 2.24) is 9.97 Å². The quantitative estimate of drug-likeness (QED) is 0.700. The summed E-state index contributed by atoms with van der Waals surface area (Å²) in [5.74, 6) is 0.789. The molecule has 2 aromatic heterocycles. The number of ether oxygens (including phenoxy) is 1. The van der Waals surface area contributed by atoms with E-state index in [9.17, 15) is 4.79 Å². The van der Waals surface area contributed by atoms with E-state index >= 15 is 0 Å². The Balaban J connectivity index is 1.81. The third-order valence-electron chi connectivity index (χ3n) is 3.12. The number of benzene rings is 1. The number of carbonyl (C=O) groups excluding carboxylic acids is 1. The highest BCUT2D eigenvalue weighted by Gasteiger charge is 2.18. The number of anilines is 3. The van der Waals surface area contributed by atoms with Gasteiger partial charge in [-0.15, -0.1) is 0 Å². The van der Waals surface area contributed by atoms with E-state index in [1.54, 1.807) is 25.4 Å².